The Hall–Kier alpha value is -1.36. The Morgan fingerprint density at radius 2 is 2.25 bits per heavy atom. The molecule has 0 spiro atoms. The minimum atomic E-state index is 0.0805. The summed E-state index contributed by atoms with van der Waals surface area (Å²) in [5.41, 5.74) is 8.00. The molecule has 1 fully saturated rings. The molecule has 0 aromatic carbocycles. The molecule has 3 atom stereocenters. The second-order valence-electron chi connectivity index (χ2n) is 6.03. The number of nitrogens with zero attached hydrogens (tertiary/aromatic N) is 1. The Morgan fingerprint density at radius 3 is 2.80 bits per heavy atom. The molecule has 1 aliphatic carbocycles. The van der Waals surface area contributed by atoms with Crippen LogP contribution in [0.25, 0.3) is 0 Å². The number of amides is 1. The maximum Gasteiger partial charge on any atom is 0.220 e. The van der Waals surface area contributed by atoms with Crippen LogP contribution in [-0.4, -0.2) is 23.1 Å². The number of rotatable bonds is 5. The van der Waals surface area contributed by atoms with Crippen LogP contribution in [-0.2, 0) is 11.2 Å². The fraction of sp³-hybridized carbons (Fsp3) is 0.733. The van der Waals surface area contributed by atoms with Gasteiger partial charge in [-0.3, -0.25) is 4.79 Å². The lowest BCUT2D eigenvalue weighted by Crippen LogP contribution is -2.37. The third-order valence-electron chi connectivity index (χ3n) is 4.26. The van der Waals surface area contributed by atoms with Crippen LogP contribution in [0, 0.1) is 19.8 Å². The predicted octanol–water partition coefficient (Wildman–Crippen LogP) is 1.86. The summed E-state index contributed by atoms with van der Waals surface area (Å²) in [7, 11) is 0. The van der Waals surface area contributed by atoms with Gasteiger partial charge in [-0.05, 0) is 46.0 Å². The van der Waals surface area contributed by atoms with Crippen LogP contribution in [0.2, 0.25) is 0 Å². The second kappa shape index (κ2) is 6.39. The molecule has 1 aliphatic rings. The Bertz CT molecular complexity index is 450. The first-order valence-corrected chi connectivity index (χ1v) is 7.44. The smallest absolute Gasteiger partial charge is 0.220 e. The minimum absolute atomic E-state index is 0.0805. The van der Waals surface area contributed by atoms with E-state index in [9.17, 15) is 4.79 Å². The van der Waals surface area contributed by atoms with E-state index in [1.165, 1.54) is 0 Å². The highest BCUT2D eigenvalue weighted by atomic mass is 16.5. The minimum Gasteiger partial charge on any atom is -0.361 e. The van der Waals surface area contributed by atoms with Crippen molar-refractivity contribution >= 4 is 5.91 Å². The second-order valence-corrected chi connectivity index (χ2v) is 6.03. The quantitative estimate of drug-likeness (QED) is 0.862. The highest BCUT2D eigenvalue weighted by Crippen LogP contribution is 2.26. The molecule has 0 radical (unpaired) electrons. The van der Waals surface area contributed by atoms with Gasteiger partial charge in [-0.1, -0.05) is 11.6 Å². The van der Waals surface area contributed by atoms with E-state index in [1.807, 2.05) is 20.8 Å². The number of carbonyl (C=O) groups excluding carboxylic acids is 1. The van der Waals surface area contributed by atoms with E-state index in [4.69, 9.17) is 10.3 Å². The summed E-state index contributed by atoms with van der Waals surface area (Å²) < 4.78 is 5.14. The number of nitrogens with two attached hydrogens (primary N) is 1. The third-order valence-corrected chi connectivity index (χ3v) is 4.26. The van der Waals surface area contributed by atoms with Crippen LogP contribution in [0.4, 0.5) is 0 Å². The summed E-state index contributed by atoms with van der Waals surface area (Å²) in [5, 5.41) is 6.99. The zero-order valence-corrected chi connectivity index (χ0v) is 12.6. The molecule has 20 heavy (non-hydrogen) atoms. The first-order chi connectivity index (χ1) is 9.47. The van der Waals surface area contributed by atoms with Crippen molar-refractivity contribution in [2.45, 2.75) is 65.0 Å². The summed E-state index contributed by atoms with van der Waals surface area (Å²) in [5.74, 6) is 1.29. The van der Waals surface area contributed by atoms with Crippen LogP contribution in [0.3, 0.4) is 0 Å². The molecular formula is C15H25N3O2. The number of hydrogen-bond donors (Lipinski definition) is 2. The number of hydrogen-bond acceptors (Lipinski definition) is 4. The highest BCUT2D eigenvalue weighted by molar-refractivity contribution is 5.76. The molecule has 0 bridgehead atoms. The van der Waals surface area contributed by atoms with Gasteiger partial charge in [0.05, 0.1) is 5.69 Å². The molecule has 5 heteroatoms. The van der Waals surface area contributed by atoms with Gasteiger partial charge in [-0.25, -0.2) is 0 Å². The molecular weight excluding hydrogens is 254 g/mol. The number of aromatic nitrogens is 1. The molecule has 1 amide bonds. The molecule has 1 heterocycles. The molecule has 112 valence electrons. The summed E-state index contributed by atoms with van der Waals surface area (Å²) in [4.78, 5) is 12.0. The fourth-order valence-electron chi connectivity index (χ4n) is 3.04. The normalized spacial score (nSPS) is 23.8. The SMILES string of the molecule is Cc1noc(C)c1CC(C)NC(=O)C[C@@H]1CCC[C@H]1N. The molecule has 1 saturated carbocycles. The number of nitrogens with one attached hydrogen (secondary N) is 1. The Labute approximate surface area is 120 Å². The van der Waals surface area contributed by atoms with Crippen molar-refractivity contribution in [3.05, 3.63) is 17.0 Å². The lowest BCUT2D eigenvalue weighted by molar-refractivity contribution is -0.122. The molecule has 1 aromatic rings. The highest BCUT2D eigenvalue weighted by Gasteiger charge is 2.26. The van der Waals surface area contributed by atoms with Crippen LogP contribution in [0.5, 0.6) is 0 Å². The van der Waals surface area contributed by atoms with Crippen molar-refractivity contribution < 1.29 is 9.32 Å². The zero-order valence-electron chi connectivity index (χ0n) is 12.6. The lowest BCUT2D eigenvalue weighted by Gasteiger charge is -2.18. The summed E-state index contributed by atoms with van der Waals surface area (Å²) in [6.45, 7) is 5.84. The van der Waals surface area contributed by atoms with Crippen molar-refractivity contribution in [2.24, 2.45) is 11.7 Å². The van der Waals surface area contributed by atoms with Gasteiger partial charge < -0.3 is 15.6 Å². The van der Waals surface area contributed by atoms with E-state index in [-0.39, 0.29) is 18.0 Å². The topological polar surface area (TPSA) is 81.2 Å². The zero-order chi connectivity index (χ0) is 14.7. The van der Waals surface area contributed by atoms with Crippen molar-refractivity contribution in [3.63, 3.8) is 0 Å². The first-order valence-electron chi connectivity index (χ1n) is 7.44. The summed E-state index contributed by atoms with van der Waals surface area (Å²) in [6, 6.07) is 0.274. The van der Waals surface area contributed by atoms with Crippen LogP contribution < -0.4 is 11.1 Å². The van der Waals surface area contributed by atoms with Gasteiger partial charge in [0, 0.05) is 24.1 Å². The van der Waals surface area contributed by atoms with E-state index < -0.39 is 0 Å². The Morgan fingerprint density at radius 1 is 1.50 bits per heavy atom. The molecule has 2 rings (SSSR count). The van der Waals surface area contributed by atoms with Gasteiger partial charge in [0.15, 0.2) is 0 Å². The van der Waals surface area contributed by atoms with Crippen LogP contribution >= 0.6 is 0 Å². The number of carbonyl (C=O) groups is 1. The van der Waals surface area contributed by atoms with Crippen molar-refractivity contribution in [3.8, 4) is 0 Å². The summed E-state index contributed by atoms with van der Waals surface area (Å²) >= 11 is 0. The molecule has 5 nitrogen and oxygen atoms in total. The van der Waals surface area contributed by atoms with E-state index in [2.05, 4.69) is 10.5 Å². The fourth-order valence-corrected chi connectivity index (χ4v) is 3.04. The van der Waals surface area contributed by atoms with Gasteiger partial charge in [0.1, 0.15) is 5.76 Å². The maximum absolute atomic E-state index is 12.0. The Balaban J connectivity index is 1.82. The molecule has 0 saturated heterocycles. The van der Waals surface area contributed by atoms with Crippen molar-refractivity contribution in [1.82, 2.24) is 10.5 Å². The third kappa shape index (κ3) is 3.60. The summed E-state index contributed by atoms with van der Waals surface area (Å²) in [6.07, 6.45) is 4.57. The van der Waals surface area contributed by atoms with Gasteiger partial charge in [0.25, 0.3) is 0 Å². The molecule has 0 aliphatic heterocycles. The van der Waals surface area contributed by atoms with Crippen LogP contribution in [0.1, 0.15) is 49.6 Å². The first kappa shape index (κ1) is 15.0. The maximum atomic E-state index is 12.0. The van der Waals surface area contributed by atoms with Crippen LogP contribution in [0.15, 0.2) is 4.52 Å². The average Bonchev–Trinajstić information content (AvgIpc) is 2.90. The van der Waals surface area contributed by atoms with E-state index in [0.29, 0.717) is 12.3 Å². The lowest BCUT2D eigenvalue weighted by atomic mass is 9.99. The predicted molar refractivity (Wildman–Crippen MR) is 77.2 cm³/mol. The van der Waals surface area contributed by atoms with Crippen molar-refractivity contribution in [2.75, 3.05) is 0 Å². The van der Waals surface area contributed by atoms with Gasteiger partial charge >= 0.3 is 0 Å². The molecule has 3 N–H and O–H groups in total. The van der Waals surface area contributed by atoms with Crippen molar-refractivity contribution in [1.29, 1.82) is 0 Å². The monoisotopic (exact) mass is 279 g/mol. The Kier molecular flexibility index (Phi) is 4.81. The molecule has 1 aromatic heterocycles. The largest absolute Gasteiger partial charge is 0.361 e. The average molecular weight is 279 g/mol. The number of aryl methyl sites for hydroxylation is 2. The van der Waals surface area contributed by atoms with E-state index >= 15 is 0 Å². The molecule has 1 unspecified atom stereocenters. The van der Waals surface area contributed by atoms with Gasteiger partial charge in [-0.2, -0.15) is 0 Å². The van der Waals surface area contributed by atoms with E-state index in [0.717, 1.165) is 42.7 Å². The van der Waals surface area contributed by atoms with E-state index in [1.54, 1.807) is 0 Å². The standard InChI is InChI=1S/C15H25N3O2/c1-9(7-13-10(2)18-20-11(13)3)17-15(19)8-12-5-4-6-14(12)16/h9,12,14H,4-8,16H2,1-3H3,(H,17,19)/t9?,12-,14+/m0/s1. The van der Waals surface area contributed by atoms with Gasteiger partial charge in [-0.15, -0.1) is 0 Å². The van der Waals surface area contributed by atoms with Gasteiger partial charge in [0.2, 0.25) is 5.91 Å².